The first kappa shape index (κ1) is 13.8. The number of aromatic nitrogens is 3. The Balaban J connectivity index is 2.19. The van der Waals surface area contributed by atoms with Gasteiger partial charge in [-0.3, -0.25) is 5.43 Å². The van der Waals surface area contributed by atoms with Crippen molar-refractivity contribution < 1.29 is 0 Å². The smallest absolute Gasteiger partial charge is 0.243 e. The Hall–Kier alpha value is -1.63. The van der Waals surface area contributed by atoms with E-state index in [1.54, 1.807) is 0 Å². The number of rotatable bonds is 6. The molecule has 1 aromatic heterocycles. The maximum atomic E-state index is 5.45. The summed E-state index contributed by atoms with van der Waals surface area (Å²) in [5.74, 6) is 7.27. The molecule has 1 aliphatic heterocycles. The SMILES string of the molecule is CCCCN(C)c1nc(NN)nc(N2CCCC2)n1. The second-order valence-corrected chi connectivity index (χ2v) is 4.87. The molecule has 7 nitrogen and oxygen atoms in total. The highest BCUT2D eigenvalue weighted by Gasteiger charge is 2.18. The van der Waals surface area contributed by atoms with E-state index in [0.717, 1.165) is 38.4 Å². The minimum Gasteiger partial charge on any atom is -0.344 e. The van der Waals surface area contributed by atoms with Gasteiger partial charge in [-0.15, -0.1) is 0 Å². The van der Waals surface area contributed by atoms with E-state index in [4.69, 9.17) is 5.84 Å². The first-order valence-electron chi connectivity index (χ1n) is 6.93. The van der Waals surface area contributed by atoms with Crippen molar-refractivity contribution in [3.8, 4) is 0 Å². The van der Waals surface area contributed by atoms with Gasteiger partial charge >= 0.3 is 0 Å². The lowest BCUT2D eigenvalue weighted by molar-refractivity contribution is 0.744. The average molecular weight is 265 g/mol. The number of nitrogens with one attached hydrogen (secondary N) is 1. The standard InChI is InChI=1S/C12H23N7/c1-3-4-7-18(2)11-14-10(17-13)15-12(16-11)19-8-5-6-9-19/h3-9,13H2,1-2H3,(H,14,15,16,17). The Labute approximate surface area is 114 Å². The van der Waals surface area contributed by atoms with Crippen molar-refractivity contribution in [1.29, 1.82) is 0 Å². The molecule has 1 saturated heterocycles. The molecule has 19 heavy (non-hydrogen) atoms. The summed E-state index contributed by atoms with van der Waals surface area (Å²) in [6.07, 6.45) is 4.65. The Morgan fingerprint density at radius 1 is 1.26 bits per heavy atom. The molecule has 3 N–H and O–H groups in total. The zero-order chi connectivity index (χ0) is 13.7. The largest absolute Gasteiger partial charge is 0.344 e. The number of nitrogens with two attached hydrogens (primary N) is 1. The van der Waals surface area contributed by atoms with E-state index in [-0.39, 0.29) is 0 Å². The number of hydrogen-bond donors (Lipinski definition) is 2. The third-order valence-corrected chi connectivity index (χ3v) is 3.32. The van der Waals surface area contributed by atoms with Gasteiger partial charge in [0.05, 0.1) is 0 Å². The van der Waals surface area contributed by atoms with E-state index in [0.29, 0.717) is 11.9 Å². The van der Waals surface area contributed by atoms with Crippen molar-refractivity contribution >= 4 is 17.8 Å². The van der Waals surface area contributed by atoms with Crippen molar-refractivity contribution in [1.82, 2.24) is 15.0 Å². The van der Waals surface area contributed by atoms with E-state index in [2.05, 4.69) is 32.2 Å². The zero-order valence-electron chi connectivity index (χ0n) is 11.8. The summed E-state index contributed by atoms with van der Waals surface area (Å²) in [5, 5.41) is 0. The van der Waals surface area contributed by atoms with Crippen LogP contribution in [0.3, 0.4) is 0 Å². The zero-order valence-corrected chi connectivity index (χ0v) is 11.8. The maximum Gasteiger partial charge on any atom is 0.243 e. The molecule has 0 aliphatic carbocycles. The topological polar surface area (TPSA) is 83.2 Å². The number of hydrazine groups is 1. The van der Waals surface area contributed by atoms with E-state index in [9.17, 15) is 0 Å². The van der Waals surface area contributed by atoms with Crippen LogP contribution in [0.4, 0.5) is 17.8 Å². The van der Waals surface area contributed by atoms with E-state index >= 15 is 0 Å². The normalized spacial score (nSPS) is 14.8. The summed E-state index contributed by atoms with van der Waals surface area (Å²) >= 11 is 0. The molecule has 0 atom stereocenters. The molecule has 0 aromatic carbocycles. The molecule has 0 radical (unpaired) electrons. The average Bonchev–Trinajstić information content (AvgIpc) is 2.98. The van der Waals surface area contributed by atoms with Crippen LogP contribution in [-0.2, 0) is 0 Å². The Morgan fingerprint density at radius 3 is 2.63 bits per heavy atom. The highest BCUT2D eigenvalue weighted by Crippen LogP contribution is 2.19. The van der Waals surface area contributed by atoms with Gasteiger partial charge < -0.3 is 9.80 Å². The van der Waals surface area contributed by atoms with Gasteiger partial charge in [0.2, 0.25) is 17.8 Å². The van der Waals surface area contributed by atoms with Gasteiger partial charge in [-0.1, -0.05) is 13.3 Å². The van der Waals surface area contributed by atoms with Crippen LogP contribution in [0.5, 0.6) is 0 Å². The first-order valence-corrected chi connectivity index (χ1v) is 6.93. The van der Waals surface area contributed by atoms with Crippen LogP contribution < -0.4 is 21.1 Å². The number of nitrogens with zero attached hydrogens (tertiary/aromatic N) is 5. The van der Waals surface area contributed by atoms with Crippen LogP contribution in [0.15, 0.2) is 0 Å². The van der Waals surface area contributed by atoms with Gasteiger partial charge in [0.15, 0.2) is 0 Å². The molecule has 1 aromatic rings. The van der Waals surface area contributed by atoms with Crippen LogP contribution in [0.2, 0.25) is 0 Å². The van der Waals surface area contributed by atoms with Crippen LogP contribution >= 0.6 is 0 Å². The van der Waals surface area contributed by atoms with E-state index in [1.165, 1.54) is 12.8 Å². The molecule has 0 saturated carbocycles. The lowest BCUT2D eigenvalue weighted by atomic mass is 10.3. The predicted octanol–water partition coefficient (Wildman–Crippen LogP) is 0.994. The maximum absolute atomic E-state index is 5.45. The van der Waals surface area contributed by atoms with Crippen molar-refractivity contribution in [2.75, 3.05) is 41.9 Å². The van der Waals surface area contributed by atoms with Crippen molar-refractivity contribution in [3.05, 3.63) is 0 Å². The molecular formula is C12H23N7. The van der Waals surface area contributed by atoms with Crippen LogP contribution in [0.25, 0.3) is 0 Å². The van der Waals surface area contributed by atoms with Gasteiger partial charge in [0, 0.05) is 26.7 Å². The third kappa shape index (κ3) is 3.44. The lowest BCUT2D eigenvalue weighted by Gasteiger charge is -2.20. The number of unbranched alkanes of at least 4 members (excludes halogenated alkanes) is 1. The second kappa shape index (κ2) is 6.51. The van der Waals surface area contributed by atoms with Gasteiger partial charge in [0.1, 0.15) is 0 Å². The molecule has 2 heterocycles. The lowest BCUT2D eigenvalue weighted by Crippen LogP contribution is -2.26. The Bertz CT molecular complexity index is 403. The first-order chi connectivity index (χ1) is 9.24. The molecule has 0 bridgehead atoms. The van der Waals surface area contributed by atoms with Gasteiger partial charge in [-0.05, 0) is 19.3 Å². The third-order valence-electron chi connectivity index (χ3n) is 3.32. The molecule has 1 fully saturated rings. The molecule has 0 unspecified atom stereocenters. The summed E-state index contributed by atoms with van der Waals surface area (Å²) in [6, 6.07) is 0. The molecular weight excluding hydrogens is 242 g/mol. The van der Waals surface area contributed by atoms with E-state index in [1.807, 2.05) is 11.9 Å². The molecule has 0 spiro atoms. The summed E-state index contributed by atoms with van der Waals surface area (Å²) in [5.41, 5.74) is 2.53. The molecule has 2 rings (SSSR count). The Kier molecular flexibility index (Phi) is 4.73. The molecule has 7 heteroatoms. The molecule has 0 amide bonds. The summed E-state index contributed by atoms with van der Waals surface area (Å²) in [6.45, 7) is 5.12. The van der Waals surface area contributed by atoms with E-state index < -0.39 is 0 Å². The minimum atomic E-state index is 0.426. The fourth-order valence-electron chi connectivity index (χ4n) is 2.14. The molecule has 106 valence electrons. The van der Waals surface area contributed by atoms with Crippen LogP contribution in [-0.4, -0.2) is 41.6 Å². The number of nitrogen functional groups attached to an aromatic ring is 1. The monoisotopic (exact) mass is 265 g/mol. The number of hydrogen-bond acceptors (Lipinski definition) is 7. The van der Waals surface area contributed by atoms with Crippen molar-refractivity contribution in [2.24, 2.45) is 5.84 Å². The fraction of sp³-hybridized carbons (Fsp3) is 0.750. The summed E-state index contributed by atoms with van der Waals surface area (Å²) in [4.78, 5) is 17.4. The van der Waals surface area contributed by atoms with Gasteiger partial charge in [-0.25, -0.2) is 5.84 Å². The summed E-state index contributed by atoms with van der Waals surface area (Å²) in [7, 11) is 2.00. The summed E-state index contributed by atoms with van der Waals surface area (Å²) < 4.78 is 0. The minimum absolute atomic E-state index is 0.426. The van der Waals surface area contributed by atoms with Gasteiger partial charge in [-0.2, -0.15) is 15.0 Å². The second-order valence-electron chi connectivity index (χ2n) is 4.87. The van der Waals surface area contributed by atoms with Crippen LogP contribution in [0.1, 0.15) is 32.6 Å². The van der Waals surface area contributed by atoms with Gasteiger partial charge in [0.25, 0.3) is 0 Å². The fourth-order valence-corrected chi connectivity index (χ4v) is 2.14. The highest BCUT2D eigenvalue weighted by molar-refractivity contribution is 5.44. The number of anilines is 3. The molecule has 1 aliphatic rings. The van der Waals surface area contributed by atoms with Crippen molar-refractivity contribution in [2.45, 2.75) is 32.6 Å². The highest BCUT2D eigenvalue weighted by atomic mass is 15.4. The van der Waals surface area contributed by atoms with Crippen molar-refractivity contribution in [3.63, 3.8) is 0 Å². The Morgan fingerprint density at radius 2 is 2.00 bits per heavy atom. The van der Waals surface area contributed by atoms with Crippen LogP contribution in [0, 0.1) is 0 Å². The predicted molar refractivity (Wildman–Crippen MR) is 77.3 cm³/mol. The quantitative estimate of drug-likeness (QED) is 0.586.